The van der Waals surface area contributed by atoms with E-state index in [1.54, 1.807) is 7.11 Å². The number of rotatable bonds is 9. The lowest BCUT2D eigenvalue weighted by Crippen LogP contribution is -2.27. The smallest absolute Gasteiger partial charge is 0.230 e. The van der Waals surface area contributed by atoms with Crippen molar-refractivity contribution in [1.82, 2.24) is 20.1 Å². The molecule has 1 N–H and O–H groups in total. The van der Waals surface area contributed by atoms with Crippen LogP contribution in [0.4, 0.5) is 0 Å². The number of carbonyl (C=O) groups excluding carboxylic acids is 1. The number of aromatic nitrogens is 3. The first-order valence-electron chi connectivity index (χ1n) is 10.9. The van der Waals surface area contributed by atoms with Crippen LogP contribution in [0.25, 0.3) is 11.4 Å². The Hall–Kier alpha value is -2.51. The molecule has 0 saturated heterocycles. The summed E-state index contributed by atoms with van der Waals surface area (Å²) >= 11 is 7.87. The minimum absolute atomic E-state index is 0.0104. The van der Waals surface area contributed by atoms with E-state index in [0.29, 0.717) is 23.4 Å². The molecule has 1 aromatic heterocycles. The van der Waals surface area contributed by atoms with Gasteiger partial charge in [-0.05, 0) is 49.1 Å². The summed E-state index contributed by atoms with van der Waals surface area (Å²) in [5.74, 6) is 1.90. The molecule has 0 bridgehead atoms. The number of nitrogens with zero attached hydrogens (tertiary/aromatic N) is 3. The number of amides is 1. The average molecular weight is 471 g/mol. The Balaban J connectivity index is 1.38. The number of benzene rings is 2. The molecular formula is C24H27ClN4O2S. The Kier molecular flexibility index (Phi) is 7.71. The molecule has 0 spiro atoms. The van der Waals surface area contributed by atoms with Gasteiger partial charge < -0.3 is 10.1 Å². The molecule has 32 heavy (non-hydrogen) atoms. The Morgan fingerprint density at radius 3 is 2.62 bits per heavy atom. The Labute approximate surface area is 197 Å². The van der Waals surface area contributed by atoms with Crippen molar-refractivity contribution in [2.24, 2.45) is 0 Å². The van der Waals surface area contributed by atoms with Gasteiger partial charge in [0.1, 0.15) is 5.75 Å². The van der Waals surface area contributed by atoms with Gasteiger partial charge in [0, 0.05) is 18.2 Å². The van der Waals surface area contributed by atoms with Gasteiger partial charge in [-0.15, -0.1) is 10.2 Å². The van der Waals surface area contributed by atoms with Gasteiger partial charge in [-0.25, -0.2) is 0 Å². The summed E-state index contributed by atoms with van der Waals surface area (Å²) in [5, 5.41) is 13.3. The molecule has 4 rings (SSSR count). The van der Waals surface area contributed by atoms with Crippen LogP contribution in [0, 0.1) is 0 Å². The Morgan fingerprint density at radius 1 is 1.16 bits per heavy atom. The third-order valence-corrected chi connectivity index (χ3v) is 6.97. The van der Waals surface area contributed by atoms with Crippen LogP contribution in [0.15, 0.2) is 53.7 Å². The van der Waals surface area contributed by atoms with Gasteiger partial charge in [0.25, 0.3) is 0 Å². The molecule has 1 aliphatic rings. The van der Waals surface area contributed by atoms with Gasteiger partial charge in [0.05, 0.1) is 17.9 Å². The quantitative estimate of drug-likeness (QED) is 0.437. The predicted molar refractivity (Wildman–Crippen MR) is 128 cm³/mol. The molecule has 8 heteroatoms. The van der Waals surface area contributed by atoms with Crippen molar-refractivity contribution in [1.29, 1.82) is 0 Å². The molecule has 1 heterocycles. The van der Waals surface area contributed by atoms with Gasteiger partial charge in [-0.1, -0.05) is 60.5 Å². The number of methoxy groups -OCH3 is 1. The lowest BCUT2D eigenvalue weighted by molar-refractivity contribution is -0.118. The van der Waals surface area contributed by atoms with E-state index < -0.39 is 0 Å². The van der Waals surface area contributed by atoms with Crippen LogP contribution in [-0.2, 0) is 11.2 Å². The number of halogens is 1. The second kappa shape index (κ2) is 10.9. The standard InChI is InChI=1S/C24H27ClN4O2S/c1-31-19-12-10-17(11-13-19)14-15-26-22(30)16-32-24-28-27-23(20-8-4-5-9-21(20)25)29(24)18-6-2-3-7-18/h4-5,8-13,18H,2-3,6-7,14-16H2,1H3,(H,26,30). The molecule has 1 saturated carbocycles. The minimum atomic E-state index is -0.0104. The summed E-state index contributed by atoms with van der Waals surface area (Å²) < 4.78 is 7.36. The monoisotopic (exact) mass is 470 g/mol. The molecule has 2 aromatic carbocycles. The normalized spacial score (nSPS) is 13.9. The summed E-state index contributed by atoms with van der Waals surface area (Å²) in [4.78, 5) is 12.4. The van der Waals surface area contributed by atoms with E-state index in [4.69, 9.17) is 16.3 Å². The number of hydrogen-bond donors (Lipinski definition) is 1. The molecule has 3 aromatic rings. The van der Waals surface area contributed by atoms with Gasteiger partial charge >= 0.3 is 0 Å². The topological polar surface area (TPSA) is 69.0 Å². The van der Waals surface area contributed by atoms with E-state index in [2.05, 4.69) is 20.1 Å². The second-order valence-electron chi connectivity index (χ2n) is 7.83. The van der Waals surface area contributed by atoms with Crippen LogP contribution in [0.1, 0.15) is 37.3 Å². The number of thioether (sulfide) groups is 1. The highest BCUT2D eigenvalue weighted by Gasteiger charge is 2.26. The highest BCUT2D eigenvalue weighted by molar-refractivity contribution is 7.99. The molecule has 168 valence electrons. The SMILES string of the molecule is COc1ccc(CCNC(=O)CSc2nnc(-c3ccccc3Cl)n2C2CCCC2)cc1. The molecule has 1 fully saturated rings. The fraction of sp³-hybridized carbons (Fsp3) is 0.375. The Morgan fingerprint density at radius 2 is 1.91 bits per heavy atom. The van der Waals surface area contributed by atoms with Crippen molar-refractivity contribution < 1.29 is 9.53 Å². The zero-order chi connectivity index (χ0) is 22.3. The maximum Gasteiger partial charge on any atom is 0.230 e. The van der Waals surface area contributed by atoms with Crippen LogP contribution in [0.5, 0.6) is 5.75 Å². The van der Waals surface area contributed by atoms with E-state index >= 15 is 0 Å². The highest BCUT2D eigenvalue weighted by atomic mass is 35.5. The van der Waals surface area contributed by atoms with Crippen LogP contribution in [0.3, 0.4) is 0 Å². The zero-order valence-electron chi connectivity index (χ0n) is 18.1. The number of carbonyl (C=O) groups is 1. The summed E-state index contributed by atoms with van der Waals surface area (Å²) in [6.45, 7) is 0.589. The summed E-state index contributed by atoms with van der Waals surface area (Å²) in [6, 6.07) is 15.9. The maximum atomic E-state index is 12.4. The van der Waals surface area contributed by atoms with Gasteiger partial charge in [0.15, 0.2) is 11.0 Å². The van der Waals surface area contributed by atoms with Gasteiger partial charge in [-0.2, -0.15) is 0 Å². The van der Waals surface area contributed by atoms with Gasteiger partial charge in [0.2, 0.25) is 5.91 Å². The lowest BCUT2D eigenvalue weighted by Gasteiger charge is -2.17. The fourth-order valence-corrected chi connectivity index (χ4v) is 5.07. The van der Waals surface area contributed by atoms with Crippen molar-refractivity contribution >= 4 is 29.3 Å². The van der Waals surface area contributed by atoms with Crippen molar-refractivity contribution in [2.45, 2.75) is 43.3 Å². The molecule has 0 aliphatic heterocycles. The largest absolute Gasteiger partial charge is 0.497 e. The average Bonchev–Trinajstić information content (AvgIpc) is 3.48. The van der Waals surface area contributed by atoms with Crippen LogP contribution >= 0.6 is 23.4 Å². The minimum Gasteiger partial charge on any atom is -0.497 e. The molecular weight excluding hydrogens is 444 g/mol. The fourth-order valence-electron chi connectivity index (χ4n) is 4.01. The van der Waals surface area contributed by atoms with Crippen molar-refractivity contribution in [2.75, 3.05) is 19.4 Å². The summed E-state index contributed by atoms with van der Waals surface area (Å²) in [6.07, 6.45) is 5.35. The lowest BCUT2D eigenvalue weighted by atomic mass is 10.1. The summed E-state index contributed by atoms with van der Waals surface area (Å²) in [7, 11) is 1.65. The van der Waals surface area contributed by atoms with E-state index in [1.165, 1.54) is 24.6 Å². The predicted octanol–water partition coefficient (Wildman–Crippen LogP) is 5.17. The molecule has 6 nitrogen and oxygen atoms in total. The molecule has 0 radical (unpaired) electrons. The van der Waals surface area contributed by atoms with Crippen molar-refractivity contribution in [3.8, 4) is 17.1 Å². The Bertz CT molecular complexity index is 1050. The van der Waals surface area contributed by atoms with Crippen LogP contribution < -0.4 is 10.1 Å². The van der Waals surface area contributed by atoms with E-state index in [9.17, 15) is 4.79 Å². The maximum absolute atomic E-state index is 12.4. The van der Waals surface area contributed by atoms with Crippen LogP contribution in [-0.4, -0.2) is 40.1 Å². The number of ether oxygens (including phenoxy) is 1. The molecule has 1 amide bonds. The third-order valence-electron chi connectivity index (χ3n) is 5.70. The number of nitrogens with one attached hydrogen (secondary N) is 1. The first-order chi connectivity index (χ1) is 15.7. The first kappa shape index (κ1) is 22.7. The van der Waals surface area contributed by atoms with E-state index in [0.717, 1.165) is 47.1 Å². The molecule has 0 unspecified atom stereocenters. The van der Waals surface area contributed by atoms with Gasteiger partial charge in [-0.3, -0.25) is 9.36 Å². The zero-order valence-corrected chi connectivity index (χ0v) is 19.7. The van der Waals surface area contributed by atoms with Crippen LogP contribution in [0.2, 0.25) is 5.02 Å². The summed E-state index contributed by atoms with van der Waals surface area (Å²) in [5.41, 5.74) is 2.04. The van der Waals surface area contributed by atoms with E-state index in [1.807, 2.05) is 48.5 Å². The first-order valence-corrected chi connectivity index (χ1v) is 12.2. The van der Waals surface area contributed by atoms with E-state index in [-0.39, 0.29) is 5.91 Å². The third kappa shape index (κ3) is 5.45. The second-order valence-corrected chi connectivity index (χ2v) is 9.18. The highest BCUT2D eigenvalue weighted by Crippen LogP contribution is 2.38. The molecule has 0 atom stereocenters. The van der Waals surface area contributed by atoms with Crippen molar-refractivity contribution in [3.63, 3.8) is 0 Å². The molecule has 1 aliphatic carbocycles. The number of hydrogen-bond acceptors (Lipinski definition) is 5. The van der Waals surface area contributed by atoms with Crippen molar-refractivity contribution in [3.05, 3.63) is 59.1 Å².